The van der Waals surface area contributed by atoms with Crippen LogP contribution < -0.4 is 11.1 Å². The van der Waals surface area contributed by atoms with Gasteiger partial charge in [-0.05, 0) is 18.8 Å². The lowest BCUT2D eigenvalue weighted by atomic mass is 9.85. The molecule has 0 aliphatic carbocycles. The van der Waals surface area contributed by atoms with Gasteiger partial charge in [0, 0.05) is 43.1 Å². The number of nitrogens with one attached hydrogen (secondary N) is 1. The average molecular weight is 659 g/mol. The minimum absolute atomic E-state index is 0.0143. The maximum atomic E-state index is 13.1. The second-order valence-electron chi connectivity index (χ2n) is 12.2. The Hall–Kier alpha value is -2.47. The summed E-state index contributed by atoms with van der Waals surface area (Å²) in [7, 11) is 0. The van der Waals surface area contributed by atoms with Crippen molar-refractivity contribution in [2.75, 3.05) is 11.5 Å². The van der Waals surface area contributed by atoms with Gasteiger partial charge in [0.25, 0.3) is 0 Å². The standard InChI is InChI=1S/C33H58N2O9S/c1-4-6-7-8-9-10-11-12-13-14-15-16-25(36)20-27(23(3)5-2)30(38)35-29(33(43)44)18-17-26(37)19-24(31(39)40)21-45-22-28(34)32(41)42/h23-24,27-29H,4-22,34H2,1-3H3,(H,35,38)(H,39,40)(H,41,42)(H,43,44)/t23?,24-,27+,28+,29-/m1/s1. The SMILES string of the molecule is CCCCCCCCCCCCCC(=O)C[C@H](C(=O)N[C@H](CCC(=O)C[C@H](CSC[C@H](N)C(=O)O)C(=O)O)C(=O)O)C(C)CC. The Kier molecular flexibility index (Phi) is 24.3. The van der Waals surface area contributed by atoms with E-state index in [0.29, 0.717) is 12.8 Å². The zero-order valence-electron chi connectivity index (χ0n) is 27.6. The molecule has 0 aliphatic heterocycles. The zero-order valence-corrected chi connectivity index (χ0v) is 28.4. The van der Waals surface area contributed by atoms with Gasteiger partial charge in [0.15, 0.2) is 0 Å². The smallest absolute Gasteiger partial charge is 0.326 e. The first-order chi connectivity index (χ1) is 21.3. The number of Topliss-reactive ketones (excluding diaryl/α,β-unsaturated/α-hetero) is 2. The molecule has 1 amide bonds. The fraction of sp³-hybridized carbons (Fsp3) is 0.818. The van der Waals surface area contributed by atoms with Crippen molar-refractivity contribution in [3.05, 3.63) is 0 Å². The number of unbranched alkanes of at least 4 members (excludes halogenated alkanes) is 10. The quantitative estimate of drug-likeness (QED) is 0.0613. The van der Waals surface area contributed by atoms with Gasteiger partial charge in [-0.1, -0.05) is 91.4 Å². The van der Waals surface area contributed by atoms with Crippen LogP contribution in [0.4, 0.5) is 0 Å². The Labute approximate surface area is 273 Å². The molecule has 12 heteroatoms. The van der Waals surface area contributed by atoms with Crippen LogP contribution in [0.15, 0.2) is 0 Å². The van der Waals surface area contributed by atoms with Crippen molar-refractivity contribution in [1.82, 2.24) is 5.32 Å². The topological polar surface area (TPSA) is 201 Å². The molecule has 0 fully saturated rings. The van der Waals surface area contributed by atoms with Crippen LogP contribution in [-0.4, -0.2) is 74.3 Å². The normalized spacial score (nSPS) is 14.6. The predicted molar refractivity (Wildman–Crippen MR) is 176 cm³/mol. The van der Waals surface area contributed by atoms with Crippen LogP contribution in [-0.2, 0) is 28.8 Å². The summed E-state index contributed by atoms with van der Waals surface area (Å²) in [4.78, 5) is 72.7. The molecule has 5 atom stereocenters. The number of carbonyl (C=O) groups excluding carboxylic acids is 3. The van der Waals surface area contributed by atoms with Crippen LogP contribution >= 0.6 is 11.8 Å². The summed E-state index contributed by atoms with van der Waals surface area (Å²) < 4.78 is 0. The van der Waals surface area contributed by atoms with E-state index in [2.05, 4.69) is 12.2 Å². The first kappa shape index (κ1) is 42.5. The lowest BCUT2D eigenvalue weighted by Crippen LogP contribution is -2.45. The predicted octanol–water partition coefficient (Wildman–Crippen LogP) is 5.46. The number of hydrogen-bond acceptors (Lipinski definition) is 8. The van der Waals surface area contributed by atoms with Crippen molar-refractivity contribution in [2.45, 2.75) is 142 Å². The maximum Gasteiger partial charge on any atom is 0.326 e. The molecule has 11 nitrogen and oxygen atoms in total. The molecular formula is C33H58N2O9S. The number of hydrogen-bond donors (Lipinski definition) is 5. The molecule has 6 N–H and O–H groups in total. The number of carboxylic acids is 3. The second-order valence-corrected chi connectivity index (χ2v) is 13.3. The lowest BCUT2D eigenvalue weighted by molar-refractivity contribution is -0.144. The first-order valence-electron chi connectivity index (χ1n) is 16.7. The second kappa shape index (κ2) is 25.7. The van der Waals surface area contributed by atoms with E-state index < -0.39 is 53.5 Å². The summed E-state index contributed by atoms with van der Waals surface area (Å²) in [6, 6.07) is -2.51. The van der Waals surface area contributed by atoms with Gasteiger partial charge in [0.05, 0.1) is 5.92 Å². The highest BCUT2D eigenvalue weighted by molar-refractivity contribution is 7.99. The Balaban J connectivity index is 4.75. The van der Waals surface area contributed by atoms with Crippen LogP contribution in [0.1, 0.15) is 130 Å². The molecular weight excluding hydrogens is 600 g/mol. The molecule has 260 valence electrons. The van der Waals surface area contributed by atoms with E-state index in [-0.39, 0.29) is 48.9 Å². The zero-order chi connectivity index (χ0) is 34.2. The molecule has 0 aromatic carbocycles. The van der Waals surface area contributed by atoms with Gasteiger partial charge < -0.3 is 26.4 Å². The van der Waals surface area contributed by atoms with Crippen molar-refractivity contribution in [1.29, 1.82) is 0 Å². The van der Waals surface area contributed by atoms with Gasteiger partial charge in [-0.3, -0.25) is 24.0 Å². The number of amides is 1. The Bertz CT molecular complexity index is 915. The molecule has 0 bridgehead atoms. The van der Waals surface area contributed by atoms with Crippen molar-refractivity contribution in [2.24, 2.45) is 23.5 Å². The number of thioether (sulfide) groups is 1. The molecule has 0 saturated heterocycles. The van der Waals surface area contributed by atoms with Gasteiger partial charge in [-0.25, -0.2) is 4.79 Å². The van der Waals surface area contributed by atoms with Crippen molar-refractivity contribution < 1.29 is 44.1 Å². The molecule has 0 aromatic heterocycles. The molecule has 0 saturated carbocycles. The third-order valence-electron chi connectivity index (χ3n) is 8.26. The van der Waals surface area contributed by atoms with Crippen LogP contribution in [0.2, 0.25) is 0 Å². The largest absolute Gasteiger partial charge is 0.481 e. The number of aliphatic carboxylic acids is 3. The number of carbonyl (C=O) groups is 6. The van der Waals surface area contributed by atoms with Gasteiger partial charge in [-0.15, -0.1) is 0 Å². The summed E-state index contributed by atoms with van der Waals surface area (Å²) in [5.41, 5.74) is 5.42. The number of rotatable bonds is 30. The van der Waals surface area contributed by atoms with E-state index in [1.807, 2.05) is 13.8 Å². The highest BCUT2D eigenvalue weighted by atomic mass is 32.2. The van der Waals surface area contributed by atoms with Crippen LogP contribution in [0.5, 0.6) is 0 Å². The Morgan fingerprint density at radius 3 is 1.71 bits per heavy atom. The summed E-state index contributed by atoms with van der Waals surface area (Å²) >= 11 is 1.01. The van der Waals surface area contributed by atoms with E-state index in [9.17, 15) is 39.0 Å². The Morgan fingerprint density at radius 2 is 1.22 bits per heavy atom. The molecule has 0 aliphatic rings. The van der Waals surface area contributed by atoms with E-state index in [1.165, 1.54) is 44.9 Å². The summed E-state index contributed by atoms with van der Waals surface area (Å²) in [6.45, 7) is 5.97. The van der Waals surface area contributed by atoms with E-state index in [4.69, 9.17) is 10.8 Å². The van der Waals surface area contributed by atoms with Crippen LogP contribution in [0, 0.1) is 17.8 Å². The fourth-order valence-electron chi connectivity index (χ4n) is 5.01. The van der Waals surface area contributed by atoms with E-state index in [0.717, 1.165) is 37.4 Å². The van der Waals surface area contributed by atoms with Gasteiger partial charge in [0.2, 0.25) is 5.91 Å². The molecule has 45 heavy (non-hydrogen) atoms. The summed E-state index contributed by atoms with van der Waals surface area (Å²) in [5, 5.41) is 30.5. The monoisotopic (exact) mass is 658 g/mol. The fourth-order valence-corrected chi connectivity index (χ4v) is 6.09. The minimum atomic E-state index is -1.36. The average Bonchev–Trinajstić information content (AvgIpc) is 2.99. The van der Waals surface area contributed by atoms with Crippen molar-refractivity contribution in [3.8, 4) is 0 Å². The van der Waals surface area contributed by atoms with Gasteiger partial charge >= 0.3 is 17.9 Å². The highest BCUT2D eigenvalue weighted by Gasteiger charge is 2.31. The molecule has 0 rings (SSSR count). The highest BCUT2D eigenvalue weighted by Crippen LogP contribution is 2.22. The molecule has 1 unspecified atom stereocenters. The van der Waals surface area contributed by atoms with Crippen molar-refractivity contribution in [3.63, 3.8) is 0 Å². The number of carboxylic acid groups (broad SMARTS) is 3. The van der Waals surface area contributed by atoms with Crippen LogP contribution in [0.3, 0.4) is 0 Å². The minimum Gasteiger partial charge on any atom is -0.481 e. The summed E-state index contributed by atoms with van der Waals surface area (Å²) in [5.74, 6) is -6.74. The van der Waals surface area contributed by atoms with Gasteiger partial charge in [-0.2, -0.15) is 11.8 Å². The third kappa shape index (κ3) is 21.0. The lowest BCUT2D eigenvalue weighted by Gasteiger charge is -2.24. The third-order valence-corrected chi connectivity index (χ3v) is 9.49. The summed E-state index contributed by atoms with van der Waals surface area (Å²) in [6.07, 6.45) is 13.2. The van der Waals surface area contributed by atoms with Gasteiger partial charge in [0.1, 0.15) is 23.7 Å². The van der Waals surface area contributed by atoms with Crippen LogP contribution in [0.25, 0.3) is 0 Å². The number of ketones is 2. The molecule has 0 spiro atoms. The first-order valence-corrected chi connectivity index (χ1v) is 17.8. The van der Waals surface area contributed by atoms with Crippen molar-refractivity contribution >= 4 is 47.1 Å². The van der Waals surface area contributed by atoms with E-state index in [1.54, 1.807) is 0 Å². The number of nitrogens with two attached hydrogens (primary N) is 1. The maximum absolute atomic E-state index is 13.1. The molecule has 0 radical (unpaired) electrons. The molecule has 0 aromatic rings. The molecule has 0 heterocycles. The van der Waals surface area contributed by atoms with E-state index >= 15 is 0 Å². The Morgan fingerprint density at radius 1 is 0.689 bits per heavy atom.